The third kappa shape index (κ3) is 2.57. The zero-order valence-corrected chi connectivity index (χ0v) is 12.3. The largest absolute Gasteiger partial charge is 0.320 e. The van der Waals surface area contributed by atoms with Crippen molar-refractivity contribution in [2.24, 2.45) is 5.73 Å². The third-order valence-corrected chi connectivity index (χ3v) is 4.14. The van der Waals surface area contributed by atoms with E-state index in [2.05, 4.69) is 6.07 Å². The van der Waals surface area contributed by atoms with Gasteiger partial charge in [-0.2, -0.15) is 0 Å². The van der Waals surface area contributed by atoms with Crippen molar-refractivity contribution in [2.75, 3.05) is 11.4 Å². The Morgan fingerprint density at radius 3 is 2.57 bits per heavy atom. The topological polar surface area (TPSA) is 46.3 Å². The Morgan fingerprint density at radius 1 is 1.10 bits per heavy atom. The highest BCUT2D eigenvalue weighted by Crippen LogP contribution is 2.31. The number of fused-ring (bicyclic) bond motifs is 1. The van der Waals surface area contributed by atoms with Crippen LogP contribution < -0.4 is 10.6 Å². The predicted molar refractivity (Wildman–Crippen MR) is 85.3 cm³/mol. The highest BCUT2D eigenvalue weighted by molar-refractivity contribution is 5.96. The molecule has 0 saturated carbocycles. The monoisotopic (exact) mass is 280 g/mol. The lowest BCUT2D eigenvalue weighted by Gasteiger charge is -2.29. The summed E-state index contributed by atoms with van der Waals surface area (Å²) in [5.74, 6) is 0.213. The van der Waals surface area contributed by atoms with E-state index in [4.69, 9.17) is 5.73 Å². The zero-order chi connectivity index (χ0) is 14.8. The molecule has 2 N–H and O–H groups in total. The molecule has 0 radical (unpaired) electrons. The summed E-state index contributed by atoms with van der Waals surface area (Å²) in [4.78, 5) is 13.8. The van der Waals surface area contributed by atoms with Crippen LogP contribution in [0.5, 0.6) is 0 Å². The number of hydrogen-bond donors (Lipinski definition) is 1. The number of aryl methyl sites for hydroxylation is 1. The second-order valence-electron chi connectivity index (χ2n) is 5.41. The summed E-state index contributed by atoms with van der Waals surface area (Å²) in [5.41, 5.74) is 10.8. The van der Waals surface area contributed by atoms with Crippen molar-refractivity contribution in [3.63, 3.8) is 0 Å². The fraction of sp³-hybridized carbons (Fsp3) is 0.278. The molecular formula is C18H20N2O. The molecule has 21 heavy (non-hydrogen) atoms. The van der Waals surface area contributed by atoms with Crippen molar-refractivity contribution in [1.29, 1.82) is 0 Å². The van der Waals surface area contributed by atoms with Gasteiger partial charge < -0.3 is 10.6 Å². The summed E-state index contributed by atoms with van der Waals surface area (Å²) in [5, 5.41) is 0. The normalized spacial score (nSPS) is 15.7. The van der Waals surface area contributed by atoms with Crippen LogP contribution >= 0.6 is 0 Å². The molecule has 0 aromatic heterocycles. The molecule has 2 aromatic carbocycles. The average molecular weight is 280 g/mol. The van der Waals surface area contributed by atoms with Crippen molar-refractivity contribution in [1.82, 2.24) is 0 Å². The maximum Gasteiger partial charge on any atom is 0.227 e. The lowest BCUT2D eigenvalue weighted by atomic mass is 9.93. The quantitative estimate of drug-likeness (QED) is 0.939. The molecule has 0 fully saturated rings. The fourth-order valence-electron chi connectivity index (χ4n) is 2.97. The molecule has 3 nitrogen and oxygen atoms in total. The molecule has 1 unspecified atom stereocenters. The van der Waals surface area contributed by atoms with Crippen LogP contribution in [0.1, 0.15) is 36.1 Å². The molecule has 108 valence electrons. The Hall–Kier alpha value is -2.13. The van der Waals surface area contributed by atoms with E-state index >= 15 is 0 Å². The first-order chi connectivity index (χ1) is 10.2. The molecule has 1 aliphatic rings. The van der Waals surface area contributed by atoms with Crippen LogP contribution in [-0.4, -0.2) is 12.5 Å². The number of benzene rings is 2. The van der Waals surface area contributed by atoms with Crippen LogP contribution in [0, 0.1) is 0 Å². The van der Waals surface area contributed by atoms with Gasteiger partial charge in [0, 0.05) is 18.7 Å². The average Bonchev–Trinajstić information content (AvgIpc) is 2.54. The van der Waals surface area contributed by atoms with E-state index in [1.54, 1.807) is 0 Å². The second kappa shape index (κ2) is 5.70. The van der Waals surface area contributed by atoms with E-state index in [0.29, 0.717) is 6.42 Å². The molecule has 0 aliphatic carbocycles. The molecule has 3 heteroatoms. The molecule has 2 aromatic rings. The van der Waals surface area contributed by atoms with Crippen molar-refractivity contribution in [3.8, 4) is 0 Å². The van der Waals surface area contributed by atoms with E-state index < -0.39 is 0 Å². The number of nitrogens with zero attached hydrogens (tertiary/aromatic N) is 1. The summed E-state index contributed by atoms with van der Waals surface area (Å²) in [6.07, 6.45) is 1.39. The van der Waals surface area contributed by atoms with Crippen LogP contribution in [0.25, 0.3) is 0 Å². The van der Waals surface area contributed by atoms with Gasteiger partial charge in [-0.1, -0.05) is 42.5 Å². The number of carbonyl (C=O) groups excluding carboxylic acids is 1. The Bertz CT molecular complexity index is 652. The molecule has 1 heterocycles. The smallest absolute Gasteiger partial charge is 0.227 e. The molecule has 0 bridgehead atoms. The molecule has 1 amide bonds. The summed E-state index contributed by atoms with van der Waals surface area (Å²) >= 11 is 0. The summed E-state index contributed by atoms with van der Waals surface area (Å²) in [7, 11) is 0. The standard InChI is InChI=1S/C18H20N2O/c1-2-20-16-10-8-15(12-14(16)9-11-17(20)21)18(19)13-6-4-3-5-7-13/h3-8,10,12,18H,2,9,11,19H2,1H3. The number of anilines is 1. The van der Waals surface area contributed by atoms with E-state index in [-0.39, 0.29) is 11.9 Å². The van der Waals surface area contributed by atoms with Gasteiger partial charge in [-0.25, -0.2) is 0 Å². The van der Waals surface area contributed by atoms with Crippen LogP contribution in [-0.2, 0) is 11.2 Å². The van der Waals surface area contributed by atoms with Crippen molar-refractivity contribution in [2.45, 2.75) is 25.8 Å². The SMILES string of the molecule is CCN1C(=O)CCc2cc(C(N)c3ccccc3)ccc21. The van der Waals surface area contributed by atoms with Gasteiger partial charge >= 0.3 is 0 Å². The van der Waals surface area contributed by atoms with Crippen LogP contribution in [0.2, 0.25) is 0 Å². The van der Waals surface area contributed by atoms with Gasteiger partial charge in [-0.3, -0.25) is 4.79 Å². The Kier molecular flexibility index (Phi) is 3.76. The Balaban J connectivity index is 1.95. The maximum absolute atomic E-state index is 11.9. The van der Waals surface area contributed by atoms with E-state index in [1.165, 1.54) is 5.56 Å². The number of hydrogen-bond acceptors (Lipinski definition) is 2. The molecule has 0 spiro atoms. The van der Waals surface area contributed by atoms with Gasteiger partial charge in [0.05, 0.1) is 6.04 Å². The number of amides is 1. The highest BCUT2D eigenvalue weighted by Gasteiger charge is 2.23. The molecule has 3 rings (SSSR count). The van der Waals surface area contributed by atoms with Gasteiger partial charge in [0.2, 0.25) is 5.91 Å². The van der Waals surface area contributed by atoms with Gasteiger partial charge in [-0.05, 0) is 36.1 Å². The van der Waals surface area contributed by atoms with Crippen LogP contribution in [0.3, 0.4) is 0 Å². The molecule has 1 atom stereocenters. The van der Waals surface area contributed by atoms with Crippen molar-refractivity contribution in [3.05, 3.63) is 65.2 Å². The summed E-state index contributed by atoms with van der Waals surface area (Å²) in [6, 6.07) is 16.2. The number of rotatable bonds is 3. The molecule has 0 saturated heterocycles. The van der Waals surface area contributed by atoms with Crippen LogP contribution in [0.15, 0.2) is 48.5 Å². The van der Waals surface area contributed by atoms with Crippen molar-refractivity contribution >= 4 is 11.6 Å². The van der Waals surface area contributed by atoms with E-state index in [9.17, 15) is 4.79 Å². The Labute approximate surface area is 125 Å². The molecular weight excluding hydrogens is 260 g/mol. The maximum atomic E-state index is 11.9. The first kappa shape index (κ1) is 13.8. The van der Waals surface area contributed by atoms with E-state index in [1.807, 2.05) is 54.3 Å². The highest BCUT2D eigenvalue weighted by atomic mass is 16.2. The van der Waals surface area contributed by atoms with Gasteiger partial charge in [0.25, 0.3) is 0 Å². The lowest BCUT2D eigenvalue weighted by molar-refractivity contribution is -0.118. The van der Waals surface area contributed by atoms with Gasteiger partial charge in [0.1, 0.15) is 0 Å². The summed E-state index contributed by atoms with van der Waals surface area (Å²) < 4.78 is 0. The first-order valence-corrected chi connectivity index (χ1v) is 7.44. The number of carbonyl (C=O) groups is 1. The first-order valence-electron chi connectivity index (χ1n) is 7.44. The van der Waals surface area contributed by atoms with Gasteiger partial charge in [-0.15, -0.1) is 0 Å². The minimum atomic E-state index is -0.121. The summed E-state index contributed by atoms with van der Waals surface area (Å²) in [6.45, 7) is 2.73. The zero-order valence-electron chi connectivity index (χ0n) is 12.3. The fourth-order valence-corrected chi connectivity index (χ4v) is 2.97. The number of nitrogens with two attached hydrogens (primary N) is 1. The Morgan fingerprint density at radius 2 is 1.86 bits per heavy atom. The predicted octanol–water partition coefficient (Wildman–Crippen LogP) is 3.03. The van der Waals surface area contributed by atoms with Crippen LogP contribution in [0.4, 0.5) is 5.69 Å². The minimum Gasteiger partial charge on any atom is -0.320 e. The van der Waals surface area contributed by atoms with Gasteiger partial charge in [0.15, 0.2) is 0 Å². The third-order valence-electron chi connectivity index (χ3n) is 4.14. The van der Waals surface area contributed by atoms with Crippen molar-refractivity contribution < 1.29 is 4.79 Å². The minimum absolute atomic E-state index is 0.121. The lowest BCUT2D eigenvalue weighted by Crippen LogP contribution is -2.34. The molecule has 1 aliphatic heterocycles. The van der Waals surface area contributed by atoms with E-state index in [0.717, 1.165) is 29.8 Å². The second-order valence-corrected chi connectivity index (χ2v) is 5.41.